The fourth-order valence-corrected chi connectivity index (χ4v) is 3.81. The summed E-state index contributed by atoms with van der Waals surface area (Å²) >= 11 is 1.77. The molecule has 0 aliphatic carbocycles. The first-order valence-electron chi connectivity index (χ1n) is 6.81. The van der Waals surface area contributed by atoms with Gasteiger partial charge in [0, 0.05) is 32.9 Å². The number of hydrogen-bond donors (Lipinski definition) is 2. The summed E-state index contributed by atoms with van der Waals surface area (Å²) in [6.07, 6.45) is 3.59. The molecule has 22 heavy (non-hydrogen) atoms. The highest BCUT2D eigenvalue weighted by molar-refractivity contribution is 7.99. The SMILES string of the molecule is CS(C)(=O)=NC(=O)CNC(=O)N[C@H]1CCSc2ccccc21. The molecule has 8 heteroatoms. The molecule has 0 bridgehead atoms. The van der Waals surface area contributed by atoms with Crippen LogP contribution in [-0.4, -0.2) is 41.0 Å². The van der Waals surface area contributed by atoms with Gasteiger partial charge in [0.15, 0.2) is 0 Å². The molecular weight excluding hydrogens is 322 g/mol. The Hall–Kier alpha value is -1.54. The average Bonchev–Trinajstić information content (AvgIpc) is 2.44. The van der Waals surface area contributed by atoms with E-state index in [9.17, 15) is 13.8 Å². The Morgan fingerprint density at radius 2 is 2.09 bits per heavy atom. The summed E-state index contributed by atoms with van der Waals surface area (Å²) in [6.45, 7) is -0.256. The van der Waals surface area contributed by atoms with Gasteiger partial charge in [0.1, 0.15) is 6.54 Å². The number of benzene rings is 1. The minimum absolute atomic E-state index is 0.0638. The Labute approximate surface area is 134 Å². The van der Waals surface area contributed by atoms with Gasteiger partial charge in [-0.3, -0.25) is 4.79 Å². The molecule has 0 saturated heterocycles. The zero-order valence-corrected chi connectivity index (χ0v) is 14.1. The topological polar surface area (TPSA) is 87.6 Å². The van der Waals surface area contributed by atoms with E-state index in [0.29, 0.717) is 0 Å². The lowest BCUT2D eigenvalue weighted by molar-refractivity contribution is -0.116. The van der Waals surface area contributed by atoms with Crippen molar-refractivity contribution in [2.45, 2.75) is 17.4 Å². The first-order chi connectivity index (χ1) is 10.3. The molecule has 0 radical (unpaired) electrons. The van der Waals surface area contributed by atoms with Gasteiger partial charge in [-0.25, -0.2) is 9.00 Å². The number of rotatable bonds is 3. The predicted molar refractivity (Wildman–Crippen MR) is 88.5 cm³/mol. The number of thioether (sulfide) groups is 1. The molecule has 0 saturated carbocycles. The van der Waals surface area contributed by atoms with Crippen LogP contribution in [0.2, 0.25) is 0 Å². The lowest BCUT2D eigenvalue weighted by atomic mass is 10.0. The van der Waals surface area contributed by atoms with Crippen molar-refractivity contribution in [2.75, 3.05) is 24.8 Å². The number of hydrogen-bond acceptors (Lipinski definition) is 4. The minimum atomic E-state index is -2.49. The second-order valence-electron chi connectivity index (χ2n) is 5.22. The van der Waals surface area contributed by atoms with Crippen molar-refractivity contribution >= 4 is 33.4 Å². The normalized spacial score (nSPS) is 17.3. The van der Waals surface area contributed by atoms with Gasteiger partial charge in [-0.1, -0.05) is 18.2 Å². The summed E-state index contributed by atoms with van der Waals surface area (Å²) in [5, 5.41) is 5.32. The van der Waals surface area contributed by atoms with Gasteiger partial charge in [0.2, 0.25) is 0 Å². The number of carbonyl (C=O) groups excluding carboxylic acids is 2. The molecule has 0 unspecified atom stereocenters. The number of nitrogens with zero attached hydrogens (tertiary/aromatic N) is 1. The van der Waals surface area contributed by atoms with E-state index in [0.717, 1.165) is 17.7 Å². The smallest absolute Gasteiger partial charge is 0.315 e. The minimum Gasteiger partial charge on any atom is -0.331 e. The molecule has 1 atom stereocenters. The van der Waals surface area contributed by atoms with Crippen LogP contribution >= 0.6 is 11.8 Å². The first-order valence-corrected chi connectivity index (χ1v) is 10.1. The lowest BCUT2D eigenvalue weighted by Gasteiger charge is -2.25. The molecule has 0 aromatic heterocycles. The summed E-state index contributed by atoms with van der Waals surface area (Å²) < 4.78 is 14.9. The van der Waals surface area contributed by atoms with Crippen LogP contribution < -0.4 is 10.6 Å². The number of nitrogens with one attached hydrogen (secondary N) is 2. The molecule has 0 fully saturated rings. The molecule has 0 spiro atoms. The van der Waals surface area contributed by atoms with Crippen molar-refractivity contribution in [3.8, 4) is 0 Å². The molecule has 1 aromatic carbocycles. The van der Waals surface area contributed by atoms with Gasteiger partial charge in [-0.15, -0.1) is 11.8 Å². The van der Waals surface area contributed by atoms with Gasteiger partial charge in [0.25, 0.3) is 5.91 Å². The van der Waals surface area contributed by atoms with E-state index < -0.39 is 21.7 Å². The van der Waals surface area contributed by atoms with Crippen molar-refractivity contribution < 1.29 is 13.8 Å². The highest BCUT2D eigenvalue weighted by atomic mass is 32.2. The molecule has 3 amide bonds. The first kappa shape index (κ1) is 16.8. The quantitative estimate of drug-likeness (QED) is 0.877. The number of urea groups is 1. The maximum Gasteiger partial charge on any atom is 0.315 e. The third-order valence-corrected chi connectivity index (χ3v) is 4.75. The lowest BCUT2D eigenvalue weighted by Crippen LogP contribution is -2.41. The summed E-state index contributed by atoms with van der Waals surface area (Å²) in [5.41, 5.74) is 1.09. The summed E-state index contributed by atoms with van der Waals surface area (Å²) in [6, 6.07) is 7.46. The molecule has 120 valence electrons. The van der Waals surface area contributed by atoms with Crippen LogP contribution in [0.3, 0.4) is 0 Å². The second-order valence-corrected chi connectivity index (χ2v) is 8.90. The van der Waals surface area contributed by atoms with Crippen molar-refractivity contribution in [3.63, 3.8) is 0 Å². The molecule has 1 aromatic rings. The third-order valence-electron chi connectivity index (χ3n) is 2.99. The van der Waals surface area contributed by atoms with E-state index >= 15 is 0 Å². The fraction of sp³-hybridized carbons (Fsp3) is 0.429. The van der Waals surface area contributed by atoms with Crippen LogP contribution in [0.1, 0.15) is 18.0 Å². The van der Waals surface area contributed by atoms with Crippen LogP contribution in [0, 0.1) is 0 Å². The third kappa shape index (κ3) is 5.03. The highest BCUT2D eigenvalue weighted by Crippen LogP contribution is 2.35. The Morgan fingerprint density at radius 1 is 1.36 bits per heavy atom. The fourth-order valence-electron chi connectivity index (χ4n) is 2.13. The molecular formula is C14H19N3O3S2. The van der Waals surface area contributed by atoms with E-state index in [2.05, 4.69) is 15.0 Å². The Bertz CT molecular complexity index is 688. The van der Waals surface area contributed by atoms with Crippen molar-refractivity contribution in [1.29, 1.82) is 0 Å². The summed E-state index contributed by atoms with van der Waals surface area (Å²) in [4.78, 5) is 24.5. The molecule has 2 N–H and O–H groups in total. The van der Waals surface area contributed by atoms with E-state index in [1.807, 2.05) is 24.3 Å². The van der Waals surface area contributed by atoms with E-state index in [-0.39, 0.29) is 12.6 Å². The van der Waals surface area contributed by atoms with Gasteiger partial charge in [0.05, 0.1) is 6.04 Å². The average molecular weight is 341 g/mol. The van der Waals surface area contributed by atoms with Crippen molar-refractivity contribution in [3.05, 3.63) is 29.8 Å². The zero-order valence-electron chi connectivity index (χ0n) is 12.5. The molecule has 1 heterocycles. The Morgan fingerprint density at radius 3 is 2.82 bits per heavy atom. The van der Waals surface area contributed by atoms with Gasteiger partial charge >= 0.3 is 6.03 Å². The van der Waals surface area contributed by atoms with Gasteiger partial charge < -0.3 is 10.6 Å². The molecule has 1 aliphatic heterocycles. The standard InChI is InChI=1S/C14H19N3O3S2/c1-22(2,20)17-13(18)9-15-14(19)16-11-7-8-21-12-6-4-3-5-10(11)12/h3-6,11H,7-9H2,1-2H3,(H2,15,16,19)/t11-/m0/s1. The molecule has 6 nitrogen and oxygen atoms in total. The maximum absolute atomic E-state index is 11.9. The largest absolute Gasteiger partial charge is 0.331 e. The van der Waals surface area contributed by atoms with E-state index in [1.54, 1.807) is 11.8 Å². The summed E-state index contributed by atoms with van der Waals surface area (Å²) in [7, 11) is -2.49. The van der Waals surface area contributed by atoms with Crippen molar-refractivity contribution in [1.82, 2.24) is 10.6 Å². The van der Waals surface area contributed by atoms with E-state index in [1.165, 1.54) is 17.4 Å². The van der Waals surface area contributed by atoms with Crippen LogP contribution in [0.25, 0.3) is 0 Å². The molecule has 2 rings (SSSR count). The number of carbonyl (C=O) groups is 2. The monoisotopic (exact) mass is 341 g/mol. The second kappa shape index (κ2) is 7.15. The highest BCUT2D eigenvalue weighted by Gasteiger charge is 2.21. The predicted octanol–water partition coefficient (Wildman–Crippen LogP) is 1.78. The maximum atomic E-state index is 11.9. The summed E-state index contributed by atoms with van der Waals surface area (Å²) in [5.74, 6) is 0.342. The Kier molecular flexibility index (Phi) is 5.47. The van der Waals surface area contributed by atoms with Crippen LogP contribution in [0.15, 0.2) is 33.5 Å². The van der Waals surface area contributed by atoms with Gasteiger partial charge in [-0.2, -0.15) is 4.36 Å². The zero-order chi connectivity index (χ0) is 16.2. The Balaban J connectivity index is 1.91. The van der Waals surface area contributed by atoms with Crippen LogP contribution in [0.4, 0.5) is 4.79 Å². The van der Waals surface area contributed by atoms with E-state index in [4.69, 9.17) is 0 Å². The van der Waals surface area contributed by atoms with Gasteiger partial charge in [-0.05, 0) is 18.1 Å². The van der Waals surface area contributed by atoms with Crippen molar-refractivity contribution in [2.24, 2.45) is 4.36 Å². The van der Waals surface area contributed by atoms with Crippen LogP contribution in [-0.2, 0) is 14.5 Å². The number of fused-ring (bicyclic) bond motifs is 1. The number of amides is 3. The van der Waals surface area contributed by atoms with Crippen LogP contribution in [0.5, 0.6) is 0 Å². The molecule has 1 aliphatic rings.